The molecule has 0 aliphatic rings. The highest BCUT2D eigenvalue weighted by molar-refractivity contribution is 6.32. The zero-order valence-electron chi connectivity index (χ0n) is 14.5. The van der Waals surface area contributed by atoms with Gasteiger partial charge in [-0.05, 0) is 25.0 Å². The summed E-state index contributed by atoms with van der Waals surface area (Å²) in [7, 11) is 0. The van der Waals surface area contributed by atoms with Crippen LogP contribution in [-0.2, 0) is 16.1 Å². The molecule has 0 aliphatic carbocycles. The first-order valence-electron chi connectivity index (χ1n) is 7.84. The maximum Gasteiger partial charge on any atom is 0.343 e. The highest BCUT2D eigenvalue weighted by atomic mass is 35.5. The lowest BCUT2D eigenvalue weighted by Crippen LogP contribution is -2.21. The summed E-state index contributed by atoms with van der Waals surface area (Å²) in [5.74, 6) is -3.01. The average molecular weight is 386 g/mol. The predicted octanol–water partition coefficient (Wildman–Crippen LogP) is 3.57. The second-order valence-corrected chi connectivity index (χ2v) is 6.43. The van der Waals surface area contributed by atoms with Crippen molar-refractivity contribution < 1.29 is 23.1 Å². The summed E-state index contributed by atoms with van der Waals surface area (Å²) in [5, 5.41) is 6.51. The molecule has 0 bridgehead atoms. The van der Waals surface area contributed by atoms with Crippen molar-refractivity contribution in [3.8, 4) is 0 Å². The molecule has 0 saturated heterocycles. The number of rotatable bonds is 6. The van der Waals surface area contributed by atoms with Gasteiger partial charge in [-0.15, -0.1) is 0 Å². The molecule has 0 saturated carbocycles. The topological polar surface area (TPSA) is 73.2 Å². The van der Waals surface area contributed by atoms with E-state index in [-0.39, 0.29) is 22.3 Å². The molecule has 0 radical (unpaired) electrons. The van der Waals surface area contributed by atoms with Gasteiger partial charge in [0.15, 0.2) is 6.61 Å². The molecule has 0 unspecified atom stereocenters. The van der Waals surface area contributed by atoms with Gasteiger partial charge in [0.25, 0.3) is 5.91 Å². The van der Waals surface area contributed by atoms with Crippen LogP contribution in [0.4, 0.5) is 14.5 Å². The van der Waals surface area contributed by atoms with E-state index in [0.29, 0.717) is 18.3 Å². The van der Waals surface area contributed by atoms with Gasteiger partial charge in [0.2, 0.25) is 0 Å². The third kappa shape index (κ3) is 4.78. The summed E-state index contributed by atoms with van der Waals surface area (Å²) < 4.78 is 32.7. The van der Waals surface area contributed by atoms with Crippen molar-refractivity contribution in [3.63, 3.8) is 0 Å². The molecule has 2 aromatic rings. The third-order valence-corrected chi connectivity index (χ3v) is 3.73. The van der Waals surface area contributed by atoms with Gasteiger partial charge in [0, 0.05) is 12.6 Å². The summed E-state index contributed by atoms with van der Waals surface area (Å²) in [6, 6.07) is 2.70. The number of nitrogens with zero attached hydrogens (tertiary/aromatic N) is 2. The Bertz CT molecular complexity index is 837. The Hall–Kier alpha value is -2.48. The summed E-state index contributed by atoms with van der Waals surface area (Å²) in [4.78, 5) is 24.0. The standard InChI is InChI=1S/C17H18ClF2N3O3/c1-9(2)7-23-16(18)15(10(3)22-23)17(25)26-8-14(24)21-13-5-4-11(19)6-12(13)20/h4-6,9H,7-8H2,1-3H3,(H,21,24). The molecule has 0 aliphatic heterocycles. The van der Waals surface area contributed by atoms with Crippen molar-refractivity contribution in [1.82, 2.24) is 9.78 Å². The van der Waals surface area contributed by atoms with Crippen molar-refractivity contribution in [2.45, 2.75) is 27.3 Å². The largest absolute Gasteiger partial charge is 0.452 e. The van der Waals surface area contributed by atoms with E-state index < -0.39 is 30.1 Å². The number of esters is 1. The van der Waals surface area contributed by atoms with Crippen LogP contribution in [-0.4, -0.2) is 28.3 Å². The normalized spacial score (nSPS) is 10.9. The van der Waals surface area contributed by atoms with Gasteiger partial charge in [0.1, 0.15) is 22.4 Å². The molecule has 1 N–H and O–H groups in total. The molecular formula is C17H18ClF2N3O3. The summed E-state index contributed by atoms with van der Waals surface area (Å²) >= 11 is 6.16. The monoisotopic (exact) mass is 385 g/mol. The number of hydrogen-bond acceptors (Lipinski definition) is 4. The zero-order valence-corrected chi connectivity index (χ0v) is 15.2. The van der Waals surface area contributed by atoms with Gasteiger partial charge in [-0.1, -0.05) is 25.4 Å². The van der Waals surface area contributed by atoms with E-state index in [9.17, 15) is 18.4 Å². The molecule has 2 rings (SSSR count). The number of carbonyl (C=O) groups excluding carboxylic acids is 2. The second kappa shape index (κ2) is 8.27. The molecule has 9 heteroatoms. The number of aryl methyl sites for hydroxylation is 1. The van der Waals surface area contributed by atoms with E-state index in [1.807, 2.05) is 13.8 Å². The van der Waals surface area contributed by atoms with E-state index in [0.717, 1.165) is 12.1 Å². The van der Waals surface area contributed by atoms with Crippen LogP contribution in [0.2, 0.25) is 5.15 Å². The Morgan fingerprint density at radius 1 is 1.35 bits per heavy atom. The first-order chi connectivity index (χ1) is 12.2. The summed E-state index contributed by atoms with van der Waals surface area (Å²) in [6.07, 6.45) is 0. The highest BCUT2D eigenvalue weighted by Gasteiger charge is 2.23. The van der Waals surface area contributed by atoms with Gasteiger partial charge in [-0.2, -0.15) is 5.10 Å². The fourth-order valence-electron chi connectivity index (χ4n) is 2.23. The van der Waals surface area contributed by atoms with Crippen LogP contribution in [0.15, 0.2) is 18.2 Å². The number of nitrogens with one attached hydrogen (secondary N) is 1. The minimum absolute atomic E-state index is 0.0769. The van der Waals surface area contributed by atoms with Crippen LogP contribution < -0.4 is 5.32 Å². The van der Waals surface area contributed by atoms with Crippen molar-refractivity contribution in [3.05, 3.63) is 46.2 Å². The van der Waals surface area contributed by atoms with Gasteiger partial charge in [-0.3, -0.25) is 9.48 Å². The fraction of sp³-hybridized carbons (Fsp3) is 0.353. The molecule has 0 spiro atoms. The smallest absolute Gasteiger partial charge is 0.343 e. The lowest BCUT2D eigenvalue weighted by Gasteiger charge is -2.08. The Kier molecular flexibility index (Phi) is 6.31. The maximum atomic E-state index is 13.5. The number of ether oxygens (including phenoxy) is 1. The Labute approximate surface area is 154 Å². The molecule has 0 fully saturated rings. The lowest BCUT2D eigenvalue weighted by atomic mass is 10.2. The maximum absolute atomic E-state index is 13.5. The number of carbonyl (C=O) groups is 2. The summed E-state index contributed by atoms with van der Waals surface area (Å²) in [5.41, 5.74) is 0.241. The van der Waals surface area contributed by atoms with E-state index in [2.05, 4.69) is 10.4 Å². The van der Waals surface area contributed by atoms with Crippen molar-refractivity contribution >= 4 is 29.2 Å². The van der Waals surface area contributed by atoms with E-state index in [4.69, 9.17) is 16.3 Å². The second-order valence-electron chi connectivity index (χ2n) is 6.08. The number of hydrogen-bond donors (Lipinski definition) is 1. The average Bonchev–Trinajstić information content (AvgIpc) is 2.81. The molecule has 0 atom stereocenters. The van der Waals surface area contributed by atoms with Crippen molar-refractivity contribution in [2.75, 3.05) is 11.9 Å². The minimum Gasteiger partial charge on any atom is -0.452 e. The number of anilines is 1. The molecule has 1 aromatic heterocycles. The zero-order chi connectivity index (χ0) is 19.4. The Morgan fingerprint density at radius 2 is 2.04 bits per heavy atom. The molecule has 140 valence electrons. The van der Waals surface area contributed by atoms with Gasteiger partial charge in [-0.25, -0.2) is 13.6 Å². The van der Waals surface area contributed by atoms with Crippen LogP contribution in [0.5, 0.6) is 0 Å². The SMILES string of the molecule is Cc1nn(CC(C)C)c(Cl)c1C(=O)OCC(=O)Nc1ccc(F)cc1F. The first kappa shape index (κ1) is 19.8. The van der Waals surface area contributed by atoms with Crippen molar-refractivity contribution in [1.29, 1.82) is 0 Å². The van der Waals surface area contributed by atoms with Crippen LogP contribution in [0.1, 0.15) is 29.9 Å². The van der Waals surface area contributed by atoms with Crippen LogP contribution in [0.25, 0.3) is 0 Å². The van der Waals surface area contributed by atoms with E-state index in [1.165, 1.54) is 4.68 Å². The molecule has 6 nitrogen and oxygen atoms in total. The lowest BCUT2D eigenvalue weighted by molar-refractivity contribution is -0.119. The number of amides is 1. The number of benzene rings is 1. The molecule has 1 amide bonds. The highest BCUT2D eigenvalue weighted by Crippen LogP contribution is 2.22. The predicted molar refractivity (Wildman–Crippen MR) is 92.1 cm³/mol. The van der Waals surface area contributed by atoms with Gasteiger partial charge >= 0.3 is 5.97 Å². The fourth-order valence-corrected chi connectivity index (χ4v) is 2.55. The molecule has 1 heterocycles. The van der Waals surface area contributed by atoms with Gasteiger partial charge < -0.3 is 10.1 Å². The quantitative estimate of drug-likeness (QED) is 0.771. The van der Waals surface area contributed by atoms with E-state index in [1.54, 1.807) is 6.92 Å². The van der Waals surface area contributed by atoms with Gasteiger partial charge in [0.05, 0.1) is 11.4 Å². The molecule has 26 heavy (non-hydrogen) atoms. The number of aromatic nitrogens is 2. The third-order valence-electron chi connectivity index (χ3n) is 3.35. The van der Waals surface area contributed by atoms with Crippen LogP contribution in [0.3, 0.4) is 0 Å². The number of halogens is 3. The minimum atomic E-state index is -0.932. The molecular weight excluding hydrogens is 368 g/mol. The summed E-state index contributed by atoms with van der Waals surface area (Å²) in [6.45, 7) is 5.43. The Balaban J connectivity index is 2.00. The molecule has 1 aromatic carbocycles. The van der Waals surface area contributed by atoms with E-state index >= 15 is 0 Å². The van der Waals surface area contributed by atoms with Crippen LogP contribution in [0, 0.1) is 24.5 Å². The van der Waals surface area contributed by atoms with Crippen LogP contribution >= 0.6 is 11.6 Å². The Morgan fingerprint density at radius 3 is 2.65 bits per heavy atom. The first-order valence-corrected chi connectivity index (χ1v) is 8.21. The van der Waals surface area contributed by atoms with Crippen molar-refractivity contribution in [2.24, 2.45) is 5.92 Å².